The molecular weight excluding hydrogens is 316 g/mol. The number of hydrogen-bond donors (Lipinski definition) is 2. The third kappa shape index (κ3) is 3.65. The van der Waals surface area contributed by atoms with Crippen molar-refractivity contribution in [1.29, 1.82) is 0 Å². The van der Waals surface area contributed by atoms with Gasteiger partial charge in [0.05, 0.1) is 16.9 Å². The summed E-state index contributed by atoms with van der Waals surface area (Å²) in [6, 6.07) is 4.46. The van der Waals surface area contributed by atoms with Gasteiger partial charge in [-0.25, -0.2) is 17.6 Å². The normalized spacial score (nSPS) is 10.3. The Labute approximate surface area is 128 Å². The molecule has 2 N–H and O–H groups in total. The fraction of sp³-hybridized carbons (Fsp3) is 0.0667. The summed E-state index contributed by atoms with van der Waals surface area (Å²) in [6.07, 6.45) is 0. The Bertz CT molecular complexity index is 793. The number of halogens is 4. The van der Waals surface area contributed by atoms with Crippen molar-refractivity contribution < 1.29 is 27.2 Å². The van der Waals surface area contributed by atoms with E-state index < -0.39 is 40.6 Å². The van der Waals surface area contributed by atoms with Gasteiger partial charge in [-0.2, -0.15) is 0 Å². The number of hydrogen-bond acceptors (Lipinski definition) is 2. The molecule has 23 heavy (non-hydrogen) atoms. The van der Waals surface area contributed by atoms with Crippen LogP contribution in [-0.2, 0) is 4.79 Å². The predicted octanol–water partition coefficient (Wildman–Crippen LogP) is 3.45. The highest BCUT2D eigenvalue weighted by Gasteiger charge is 2.20. The van der Waals surface area contributed by atoms with Gasteiger partial charge in [0.2, 0.25) is 5.91 Å². The van der Waals surface area contributed by atoms with E-state index >= 15 is 0 Å². The lowest BCUT2D eigenvalue weighted by molar-refractivity contribution is -0.114. The minimum atomic E-state index is -1.79. The van der Waals surface area contributed by atoms with Crippen LogP contribution in [0.25, 0.3) is 0 Å². The smallest absolute Gasteiger partial charge is 0.258 e. The second-order valence-electron chi connectivity index (χ2n) is 4.55. The highest BCUT2D eigenvalue weighted by Crippen LogP contribution is 2.24. The zero-order chi connectivity index (χ0) is 17.1. The summed E-state index contributed by atoms with van der Waals surface area (Å²) < 4.78 is 52.9. The zero-order valence-electron chi connectivity index (χ0n) is 11.7. The van der Waals surface area contributed by atoms with Crippen LogP contribution in [0.5, 0.6) is 0 Å². The molecule has 2 aromatic carbocycles. The SMILES string of the molecule is CC(=O)Nc1ccc(F)cc1NC(=O)c1ccc(F)c(F)c1F. The molecular formula is C15H10F4N2O2. The van der Waals surface area contributed by atoms with Gasteiger partial charge in [0.15, 0.2) is 17.5 Å². The monoisotopic (exact) mass is 326 g/mol. The second kappa shape index (κ2) is 6.47. The molecule has 8 heteroatoms. The van der Waals surface area contributed by atoms with Gasteiger partial charge in [-0.3, -0.25) is 9.59 Å². The summed E-state index contributed by atoms with van der Waals surface area (Å²) in [4.78, 5) is 23.0. The highest BCUT2D eigenvalue weighted by molar-refractivity contribution is 6.07. The van der Waals surface area contributed by atoms with Crippen LogP contribution in [0.4, 0.5) is 28.9 Å². The Morgan fingerprint density at radius 3 is 2.22 bits per heavy atom. The summed E-state index contributed by atoms with van der Waals surface area (Å²) in [7, 11) is 0. The van der Waals surface area contributed by atoms with Crippen molar-refractivity contribution in [3.63, 3.8) is 0 Å². The van der Waals surface area contributed by atoms with E-state index in [1.165, 1.54) is 13.0 Å². The third-order valence-corrected chi connectivity index (χ3v) is 2.82. The first-order valence-corrected chi connectivity index (χ1v) is 6.31. The number of benzene rings is 2. The van der Waals surface area contributed by atoms with Crippen LogP contribution < -0.4 is 10.6 Å². The quantitative estimate of drug-likeness (QED) is 0.670. The molecule has 0 spiro atoms. The molecule has 2 rings (SSSR count). The van der Waals surface area contributed by atoms with E-state index in [0.717, 1.165) is 18.2 Å². The van der Waals surface area contributed by atoms with Gasteiger partial charge >= 0.3 is 0 Å². The Morgan fingerprint density at radius 2 is 1.57 bits per heavy atom. The molecule has 0 aliphatic carbocycles. The van der Waals surface area contributed by atoms with Crippen LogP contribution in [0.1, 0.15) is 17.3 Å². The predicted molar refractivity (Wildman–Crippen MR) is 75.0 cm³/mol. The third-order valence-electron chi connectivity index (χ3n) is 2.82. The topological polar surface area (TPSA) is 58.2 Å². The van der Waals surface area contributed by atoms with Crippen LogP contribution >= 0.6 is 0 Å². The molecule has 0 heterocycles. The standard InChI is InChI=1S/C15H10F4N2O2/c1-7(22)20-11-5-2-8(16)6-12(11)21-15(23)9-3-4-10(17)14(19)13(9)18/h2-6H,1H3,(H,20,22)(H,21,23). The zero-order valence-corrected chi connectivity index (χ0v) is 11.7. The van der Waals surface area contributed by atoms with Gasteiger partial charge < -0.3 is 10.6 Å². The largest absolute Gasteiger partial charge is 0.325 e. The van der Waals surface area contributed by atoms with Crippen molar-refractivity contribution in [2.45, 2.75) is 6.92 Å². The summed E-state index contributed by atoms with van der Waals surface area (Å²) >= 11 is 0. The van der Waals surface area contributed by atoms with Crippen LogP contribution in [0.15, 0.2) is 30.3 Å². The van der Waals surface area contributed by atoms with Gasteiger partial charge in [-0.05, 0) is 30.3 Å². The maximum absolute atomic E-state index is 13.6. The molecule has 120 valence electrons. The van der Waals surface area contributed by atoms with E-state index in [1.807, 2.05) is 0 Å². The van der Waals surface area contributed by atoms with Crippen molar-refractivity contribution in [3.8, 4) is 0 Å². The highest BCUT2D eigenvalue weighted by atomic mass is 19.2. The fourth-order valence-corrected chi connectivity index (χ4v) is 1.81. The molecule has 0 aliphatic rings. The van der Waals surface area contributed by atoms with Gasteiger partial charge in [0.1, 0.15) is 5.82 Å². The molecule has 0 fully saturated rings. The maximum atomic E-state index is 13.6. The summed E-state index contributed by atoms with van der Waals surface area (Å²) in [5, 5.41) is 4.48. The van der Waals surface area contributed by atoms with Crippen LogP contribution in [-0.4, -0.2) is 11.8 Å². The average molecular weight is 326 g/mol. The number of nitrogens with one attached hydrogen (secondary N) is 2. The van der Waals surface area contributed by atoms with E-state index in [4.69, 9.17) is 0 Å². The van der Waals surface area contributed by atoms with E-state index in [0.29, 0.717) is 6.07 Å². The maximum Gasteiger partial charge on any atom is 0.258 e. The van der Waals surface area contributed by atoms with Crippen molar-refractivity contribution in [2.75, 3.05) is 10.6 Å². The van der Waals surface area contributed by atoms with Crippen LogP contribution in [0.3, 0.4) is 0 Å². The molecule has 0 aliphatic heterocycles. The number of carbonyl (C=O) groups is 2. The Hall–Kier alpha value is -2.90. The van der Waals surface area contributed by atoms with E-state index in [-0.39, 0.29) is 11.4 Å². The molecule has 0 saturated carbocycles. The number of carbonyl (C=O) groups excluding carboxylic acids is 2. The molecule has 4 nitrogen and oxygen atoms in total. The van der Waals surface area contributed by atoms with Gasteiger partial charge in [0.25, 0.3) is 5.91 Å². The Morgan fingerprint density at radius 1 is 0.870 bits per heavy atom. The fourth-order valence-electron chi connectivity index (χ4n) is 1.81. The second-order valence-corrected chi connectivity index (χ2v) is 4.55. The minimum absolute atomic E-state index is 0.0650. The summed E-state index contributed by atoms with van der Waals surface area (Å²) in [6.45, 7) is 1.20. The molecule has 0 saturated heterocycles. The molecule has 2 amide bonds. The van der Waals surface area contributed by atoms with E-state index in [9.17, 15) is 27.2 Å². The van der Waals surface area contributed by atoms with Crippen molar-refractivity contribution in [3.05, 3.63) is 59.2 Å². The Kier molecular flexibility index (Phi) is 4.63. The number of rotatable bonds is 3. The number of anilines is 2. The first kappa shape index (κ1) is 16.5. The minimum Gasteiger partial charge on any atom is -0.325 e. The molecule has 0 unspecified atom stereocenters. The lowest BCUT2D eigenvalue weighted by atomic mass is 10.1. The van der Waals surface area contributed by atoms with Crippen LogP contribution in [0, 0.1) is 23.3 Å². The Balaban J connectivity index is 2.35. The molecule has 0 atom stereocenters. The molecule has 0 radical (unpaired) electrons. The lowest BCUT2D eigenvalue weighted by Crippen LogP contribution is -2.17. The summed E-state index contributed by atoms with van der Waals surface area (Å²) in [5.41, 5.74) is -0.855. The van der Waals surface area contributed by atoms with Crippen LogP contribution in [0.2, 0.25) is 0 Å². The van der Waals surface area contributed by atoms with Gasteiger partial charge in [0, 0.05) is 6.92 Å². The first-order valence-electron chi connectivity index (χ1n) is 6.31. The van der Waals surface area contributed by atoms with E-state index in [2.05, 4.69) is 10.6 Å². The van der Waals surface area contributed by atoms with E-state index in [1.54, 1.807) is 0 Å². The molecule has 2 aromatic rings. The van der Waals surface area contributed by atoms with Crippen molar-refractivity contribution >= 4 is 23.2 Å². The molecule has 0 bridgehead atoms. The van der Waals surface area contributed by atoms with Gasteiger partial charge in [-0.15, -0.1) is 0 Å². The summed E-state index contributed by atoms with van der Waals surface area (Å²) in [5.74, 6) is -7.23. The van der Waals surface area contributed by atoms with Gasteiger partial charge in [-0.1, -0.05) is 0 Å². The number of amides is 2. The first-order chi connectivity index (χ1) is 10.8. The van der Waals surface area contributed by atoms with Crippen molar-refractivity contribution in [2.24, 2.45) is 0 Å². The molecule has 0 aromatic heterocycles. The lowest BCUT2D eigenvalue weighted by Gasteiger charge is -2.12. The average Bonchev–Trinajstić information content (AvgIpc) is 2.47. The van der Waals surface area contributed by atoms with Crippen molar-refractivity contribution in [1.82, 2.24) is 0 Å².